The van der Waals surface area contributed by atoms with Crippen LogP contribution in [0.1, 0.15) is 37.9 Å². The predicted octanol–water partition coefficient (Wildman–Crippen LogP) is 2.19. The van der Waals surface area contributed by atoms with Gasteiger partial charge in [0.25, 0.3) is 5.91 Å². The van der Waals surface area contributed by atoms with Gasteiger partial charge in [-0.3, -0.25) is 9.78 Å². The van der Waals surface area contributed by atoms with Crippen molar-refractivity contribution in [1.82, 2.24) is 10.3 Å². The van der Waals surface area contributed by atoms with Crippen LogP contribution in [0, 0.1) is 5.92 Å². The van der Waals surface area contributed by atoms with Crippen LogP contribution in [0.15, 0.2) is 42.8 Å². The van der Waals surface area contributed by atoms with Crippen LogP contribution < -0.4 is 11.1 Å². The monoisotopic (exact) mass is 271 g/mol. The van der Waals surface area contributed by atoms with Crippen LogP contribution in [0.2, 0.25) is 0 Å². The van der Waals surface area contributed by atoms with E-state index in [4.69, 9.17) is 5.73 Å². The van der Waals surface area contributed by atoms with E-state index in [9.17, 15) is 4.79 Å². The minimum absolute atomic E-state index is 0.393. The number of nitrogens with one attached hydrogen (secondary N) is 1. The van der Waals surface area contributed by atoms with Gasteiger partial charge in [-0.05, 0) is 47.9 Å². The smallest absolute Gasteiger partial charge is 0.253 e. The molecule has 2 atom stereocenters. The van der Waals surface area contributed by atoms with E-state index in [1.165, 1.54) is 0 Å². The van der Waals surface area contributed by atoms with Crippen molar-refractivity contribution in [3.63, 3.8) is 0 Å². The maximum Gasteiger partial charge on any atom is 0.253 e. The fourth-order valence-corrected chi connectivity index (χ4v) is 2.25. The van der Waals surface area contributed by atoms with Crippen LogP contribution in [0.3, 0.4) is 0 Å². The third-order valence-corrected chi connectivity index (χ3v) is 3.97. The number of primary amides is 1. The van der Waals surface area contributed by atoms with Gasteiger partial charge in [0.1, 0.15) is 0 Å². The summed E-state index contributed by atoms with van der Waals surface area (Å²) in [5, 5.41) is 3.04. The second kappa shape index (κ2) is 5.49. The summed E-state index contributed by atoms with van der Waals surface area (Å²) >= 11 is 0. The Kier molecular flexibility index (Phi) is 3.93. The molecule has 0 saturated heterocycles. The standard InChI is InChI=1S/C16H21N3O/c1-11(2)12(3)13-6-9-18-14(10-13)16(15(17)20)7-4-5-8-19-16/h4-12,19H,1-3H3,(H2,17,20). The molecular formula is C16H21N3O. The Morgan fingerprint density at radius 2 is 2.10 bits per heavy atom. The fraction of sp³-hybridized carbons (Fsp3) is 0.375. The largest absolute Gasteiger partial charge is 0.369 e. The molecule has 0 saturated carbocycles. The lowest BCUT2D eigenvalue weighted by Crippen LogP contribution is -2.50. The van der Waals surface area contributed by atoms with Gasteiger partial charge in [0.2, 0.25) is 0 Å². The first-order valence-electron chi connectivity index (χ1n) is 6.86. The first-order valence-corrected chi connectivity index (χ1v) is 6.86. The van der Waals surface area contributed by atoms with E-state index in [2.05, 4.69) is 31.1 Å². The van der Waals surface area contributed by atoms with Crippen molar-refractivity contribution in [2.24, 2.45) is 11.7 Å². The minimum Gasteiger partial charge on any atom is -0.369 e. The van der Waals surface area contributed by atoms with Gasteiger partial charge in [-0.1, -0.05) is 26.8 Å². The highest BCUT2D eigenvalue weighted by atomic mass is 16.1. The summed E-state index contributed by atoms with van der Waals surface area (Å²) in [5.41, 5.74) is 6.34. The lowest BCUT2D eigenvalue weighted by atomic mass is 9.86. The maximum atomic E-state index is 11.9. The lowest BCUT2D eigenvalue weighted by Gasteiger charge is -2.29. The van der Waals surface area contributed by atoms with Crippen LogP contribution in [0.25, 0.3) is 0 Å². The van der Waals surface area contributed by atoms with Crippen molar-refractivity contribution < 1.29 is 4.79 Å². The number of allylic oxidation sites excluding steroid dienone is 2. The van der Waals surface area contributed by atoms with Crippen LogP contribution in [-0.2, 0) is 10.3 Å². The molecule has 1 aliphatic heterocycles. The molecule has 0 bridgehead atoms. The van der Waals surface area contributed by atoms with Crippen molar-refractivity contribution in [1.29, 1.82) is 0 Å². The molecule has 1 amide bonds. The summed E-state index contributed by atoms with van der Waals surface area (Å²) in [6.45, 7) is 6.52. The van der Waals surface area contributed by atoms with E-state index in [1.807, 2.05) is 24.3 Å². The SMILES string of the molecule is CC(C)C(C)c1ccnc(C2(C(N)=O)C=CC=CN2)c1. The van der Waals surface area contributed by atoms with Gasteiger partial charge < -0.3 is 11.1 Å². The van der Waals surface area contributed by atoms with Crippen LogP contribution in [0.4, 0.5) is 0 Å². The Hall–Kier alpha value is -2.10. The molecule has 2 heterocycles. The summed E-state index contributed by atoms with van der Waals surface area (Å²) < 4.78 is 0. The summed E-state index contributed by atoms with van der Waals surface area (Å²) in [4.78, 5) is 16.3. The summed E-state index contributed by atoms with van der Waals surface area (Å²) in [7, 11) is 0. The highest BCUT2D eigenvalue weighted by Crippen LogP contribution is 2.28. The molecule has 1 aromatic heterocycles. The quantitative estimate of drug-likeness (QED) is 0.882. The average molecular weight is 271 g/mol. The number of pyridine rings is 1. The molecule has 1 aromatic rings. The Labute approximate surface area is 119 Å². The van der Waals surface area contributed by atoms with Crippen LogP contribution in [0.5, 0.6) is 0 Å². The molecule has 0 radical (unpaired) electrons. The van der Waals surface area contributed by atoms with E-state index in [-0.39, 0.29) is 0 Å². The van der Waals surface area contributed by atoms with E-state index in [0.717, 1.165) is 5.56 Å². The number of carbonyl (C=O) groups excluding carboxylic acids is 1. The Bertz CT molecular complexity index is 563. The van der Waals surface area contributed by atoms with Gasteiger partial charge in [-0.25, -0.2) is 0 Å². The van der Waals surface area contributed by atoms with Gasteiger partial charge in [0.15, 0.2) is 5.54 Å². The molecular weight excluding hydrogens is 250 g/mol. The van der Waals surface area contributed by atoms with Crippen molar-refractivity contribution in [2.45, 2.75) is 32.2 Å². The first-order chi connectivity index (χ1) is 9.47. The van der Waals surface area contributed by atoms with Gasteiger partial charge >= 0.3 is 0 Å². The summed E-state index contributed by atoms with van der Waals surface area (Å²) in [6.07, 6.45) is 8.83. The number of amides is 1. The van der Waals surface area contributed by atoms with Crippen molar-refractivity contribution in [3.05, 3.63) is 54.0 Å². The summed E-state index contributed by atoms with van der Waals surface area (Å²) in [6, 6.07) is 3.96. The highest BCUT2D eigenvalue weighted by Gasteiger charge is 2.37. The number of hydrogen-bond donors (Lipinski definition) is 2. The maximum absolute atomic E-state index is 11.9. The van der Waals surface area contributed by atoms with Gasteiger partial charge in [0.05, 0.1) is 5.69 Å². The summed E-state index contributed by atoms with van der Waals surface area (Å²) in [5.74, 6) is 0.453. The molecule has 0 aromatic carbocycles. The molecule has 2 rings (SSSR count). The Morgan fingerprint density at radius 1 is 1.35 bits per heavy atom. The van der Waals surface area contributed by atoms with Crippen molar-refractivity contribution in [3.8, 4) is 0 Å². The molecule has 106 valence electrons. The number of carbonyl (C=O) groups is 1. The number of dihydropyridines is 1. The topological polar surface area (TPSA) is 68.0 Å². The van der Waals surface area contributed by atoms with E-state index < -0.39 is 11.4 Å². The van der Waals surface area contributed by atoms with Gasteiger partial charge in [0, 0.05) is 6.20 Å². The van der Waals surface area contributed by atoms with Crippen LogP contribution in [-0.4, -0.2) is 10.9 Å². The number of hydrogen-bond acceptors (Lipinski definition) is 3. The van der Waals surface area contributed by atoms with Gasteiger partial charge in [-0.2, -0.15) is 0 Å². The average Bonchev–Trinajstić information content (AvgIpc) is 2.47. The predicted molar refractivity (Wildman–Crippen MR) is 79.8 cm³/mol. The number of aromatic nitrogens is 1. The van der Waals surface area contributed by atoms with Crippen molar-refractivity contribution >= 4 is 5.91 Å². The van der Waals surface area contributed by atoms with E-state index in [1.54, 1.807) is 18.5 Å². The Morgan fingerprint density at radius 3 is 2.65 bits per heavy atom. The van der Waals surface area contributed by atoms with Crippen LogP contribution >= 0.6 is 0 Å². The molecule has 4 nitrogen and oxygen atoms in total. The van der Waals surface area contributed by atoms with Gasteiger partial charge in [-0.15, -0.1) is 0 Å². The normalized spacial score (nSPS) is 22.6. The Balaban J connectivity index is 2.46. The molecule has 1 aliphatic rings. The number of nitrogens with two attached hydrogens (primary N) is 1. The fourth-order valence-electron chi connectivity index (χ4n) is 2.25. The number of nitrogens with zero attached hydrogens (tertiary/aromatic N) is 1. The number of rotatable bonds is 4. The minimum atomic E-state index is -1.05. The molecule has 0 spiro atoms. The third kappa shape index (κ3) is 2.46. The zero-order valence-electron chi connectivity index (χ0n) is 12.1. The third-order valence-electron chi connectivity index (χ3n) is 3.97. The first kappa shape index (κ1) is 14.3. The van der Waals surface area contributed by atoms with Crippen molar-refractivity contribution in [2.75, 3.05) is 0 Å². The lowest BCUT2D eigenvalue weighted by molar-refractivity contribution is -0.122. The van der Waals surface area contributed by atoms with E-state index >= 15 is 0 Å². The molecule has 0 aliphatic carbocycles. The molecule has 4 heteroatoms. The zero-order valence-corrected chi connectivity index (χ0v) is 12.1. The molecule has 3 N–H and O–H groups in total. The molecule has 20 heavy (non-hydrogen) atoms. The second-order valence-corrected chi connectivity index (χ2v) is 5.54. The molecule has 0 fully saturated rings. The highest BCUT2D eigenvalue weighted by molar-refractivity contribution is 5.88. The zero-order chi connectivity index (χ0) is 14.8. The van der Waals surface area contributed by atoms with E-state index in [0.29, 0.717) is 17.5 Å². The molecule has 2 unspecified atom stereocenters. The second-order valence-electron chi connectivity index (χ2n) is 5.54.